The van der Waals surface area contributed by atoms with Crippen LogP contribution in [0.3, 0.4) is 0 Å². The van der Waals surface area contributed by atoms with Crippen molar-refractivity contribution in [1.29, 1.82) is 0 Å². The molecule has 0 saturated carbocycles. The van der Waals surface area contributed by atoms with Crippen LogP contribution in [0.5, 0.6) is 5.75 Å². The molecule has 0 amide bonds. The van der Waals surface area contributed by atoms with Gasteiger partial charge in [-0.05, 0) is 42.3 Å². The number of rotatable bonds is 7. The smallest absolute Gasteiger partial charge is 0.416 e. The minimum absolute atomic E-state index is 0.0801. The molecular weight excluding hydrogens is 452 g/mol. The second kappa shape index (κ2) is 9.28. The Morgan fingerprint density at radius 3 is 2.53 bits per heavy atom. The number of aromatic nitrogens is 4. The van der Waals surface area contributed by atoms with Crippen molar-refractivity contribution in [2.45, 2.75) is 32.0 Å². The number of hydrogen-bond acceptors (Lipinski definition) is 4. The third-order valence-corrected chi connectivity index (χ3v) is 5.61. The summed E-state index contributed by atoms with van der Waals surface area (Å²) in [4.78, 5) is 20.3. The van der Waals surface area contributed by atoms with E-state index in [2.05, 4.69) is 15.1 Å². The first-order chi connectivity index (χ1) is 16.2. The molecule has 4 aromatic rings. The number of methoxy groups -OCH3 is 1. The number of fused-ring (bicyclic) bond motifs is 1. The number of nitrogens with one attached hydrogen (secondary N) is 1. The van der Waals surface area contributed by atoms with Gasteiger partial charge in [0.15, 0.2) is 5.65 Å². The largest absolute Gasteiger partial charge is 0.497 e. The van der Waals surface area contributed by atoms with E-state index in [0.29, 0.717) is 23.6 Å². The first kappa shape index (κ1) is 23.5. The number of aryl methyl sites for hydroxylation is 1. The van der Waals surface area contributed by atoms with Gasteiger partial charge in [-0.1, -0.05) is 24.3 Å². The molecule has 0 radical (unpaired) electrons. The monoisotopic (exact) mass is 474 g/mol. The van der Waals surface area contributed by atoms with Crippen LogP contribution in [0.2, 0.25) is 0 Å². The summed E-state index contributed by atoms with van der Waals surface area (Å²) in [6.45, 7) is 1.02. The molecular formula is C24H22F4N4O2. The van der Waals surface area contributed by atoms with Crippen molar-refractivity contribution < 1.29 is 22.3 Å². The summed E-state index contributed by atoms with van der Waals surface area (Å²) in [6.07, 6.45) is -4.22. The summed E-state index contributed by atoms with van der Waals surface area (Å²) in [5.74, 6) is 1.03. The highest BCUT2D eigenvalue weighted by Gasteiger charge is 2.30. The van der Waals surface area contributed by atoms with Crippen molar-refractivity contribution in [2.24, 2.45) is 0 Å². The molecule has 178 valence electrons. The van der Waals surface area contributed by atoms with E-state index in [1.807, 2.05) is 18.2 Å². The van der Waals surface area contributed by atoms with E-state index < -0.39 is 30.0 Å². The molecule has 0 aliphatic heterocycles. The zero-order valence-corrected chi connectivity index (χ0v) is 18.5. The van der Waals surface area contributed by atoms with Crippen LogP contribution in [0.15, 0.2) is 53.3 Å². The minimum atomic E-state index is -4.45. The molecule has 2 heterocycles. The molecule has 1 unspecified atom stereocenters. The number of nitrogens with zero attached hydrogens (tertiary/aromatic N) is 3. The van der Waals surface area contributed by atoms with Crippen LogP contribution in [-0.2, 0) is 19.0 Å². The maximum Gasteiger partial charge on any atom is 0.416 e. The van der Waals surface area contributed by atoms with Crippen molar-refractivity contribution in [1.82, 2.24) is 19.7 Å². The zero-order chi connectivity index (χ0) is 24.5. The van der Waals surface area contributed by atoms with Gasteiger partial charge in [-0.3, -0.25) is 9.18 Å². The molecule has 2 aromatic heterocycles. The Morgan fingerprint density at radius 2 is 1.88 bits per heavy atom. The molecule has 2 aromatic carbocycles. The van der Waals surface area contributed by atoms with E-state index in [-0.39, 0.29) is 23.1 Å². The number of H-pyrrole nitrogens is 1. The second-order valence-corrected chi connectivity index (χ2v) is 7.87. The van der Waals surface area contributed by atoms with Gasteiger partial charge in [0.25, 0.3) is 5.56 Å². The first-order valence-electron chi connectivity index (χ1n) is 10.6. The highest BCUT2D eigenvalue weighted by molar-refractivity contribution is 5.77. The molecule has 0 saturated heterocycles. The van der Waals surface area contributed by atoms with Gasteiger partial charge in [0.1, 0.15) is 17.0 Å². The number of benzene rings is 2. The average molecular weight is 474 g/mol. The summed E-state index contributed by atoms with van der Waals surface area (Å²) in [6, 6.07) is 11.5. The molecule has 0 aliphatic carbocycles. The minimum Gasteiger partial charge on any atom is -0.497 e. The molecule has 34 heavy (non-hydrogen) atoms. The van der Waals surface area contributed by atoms with Crippen LogP contribution < -0.4 is 10.3 Å². The Morgan fingerprint density at radius 1 is 1.15 bits per heavy atom. The molecule has 0 aliphatic rings. The van der Waals surface area contributed by atoms with Crippen LogP contribution in [0.4, 0.5) is 17.6 Å². The molecule has 6 nitrogen and oxygen atoms in total. The summed E-state index contributed by atoms with van der Waals surface area (Å²) < 4.78 is 58.7. The van der Waals surface area contributed by atoms with Crippen molar-refractivity contribution in [2.75, 3.05) is 13.8 Å². The van der Waals surface area contributed by atoms with E-state index in [4.69, 9.17) is 4.74 Å². The number of halogens is 4. The lowest BCUT2D eigenvalue weighted by Gasteiger charge is -2.15. The molecule has 1 atom stereocenters. The van der Waals surface area contributed by atoms with Gasteiger partial charge >= 0.3 is 6.18 Å². The van der Waals surface area contributed by atoms with Gasteiger partial charge in [0.2, 0.25) is 0 Å². The SMILES string of the molecule is COc1cccc(Cc2nc3c(c(CCF)nn3C(C)c3ccc(C(F)(F)F)cc3)c(=O)[nH]2)c1. The van der Waals surface area contributed by atoms with Crippen LogP contribution in [-0.4, -0.2) is 33.5 Å². The van der Waals surface area contributed by atoms with E-state index >= 15 is 0 Å². The lowest BCUT2D eigenvalue weighted by Crippen LogP contribution is -2.15. The summed E-state index contributed by atoms with van der Waals surface area (Å²) >= 11 is 0. The Labute approximate surface area is 192 Å². The average Bonchev–Trinajstić information content (AvgIpc) is 3.17. The number of ether oxygens (including phenoxy) is 1. The highest BCUT2D eigenvalue weighted by Crippen LogP contribution is 2.31. The molecule has 1 N–H and O–H groups in total. The molecule has 0 bridgehead atoms. The predicted octanol–water partition coefficient (Wildman–Crippen LogP) is 4.86. The predicted molar refractivity (Wildman–Crippen MR) is 119 cm³/mol. The maximum absolute atomic E-state index is 13.2. The van der Waals surface area contributed by atoms with Crippen molar-refractivity contribution >= 4 is 11.0 Å². The number of alkyl halides is 4. The third-order valence-electron chi connectivity index (χ3n) is 5.61. The standard InChI is InChI=1S/C24H22F4N4O2/c1-14(16-6-8-17(9-7-16)24(26,27)28)32-22-21(19(31-32)10-11-25)23(33)30-20(29-22)13-15-4-3-5-18(12-15)34-2/h3-9,12,14H,10-11,13H2,1-2H3,(H,29,30,33). The maximum atomic E-state index is 13.2. The van der Waals surface area contributed by atoms with Gasteiger partial charge in [0.05, 0.1) is 31.1 Å². The normalized spacial score (nSPS) is 12.8. The van der Waals surface area contributed by atoms with Crippen molar-refractivity contribution in [3.05, 3.63) is 87.1 Å². The van der Waals surface area contributed by atoms with Gasteiger partial charge in [-0.15, -0.1) is 0 Å². The van der Waals surface area contributed by atoms with Crippen LogP contribution in [0, 0.1) is 0 Å². The summed E-state index contributed by atoms with van der Waals surface area (Å²) in [5.41, 5.74) is 0.683. The van der Waals surface area contributed by atoms with E-state index in [1.165, 1.54) is 16.8 Å². The summed E-state index contributed by atoms with van der Waals surface area (Å²) in [7, 11) is 1.55. The Kier molecular flexibility index (Phi) is 6.41. The fourth-order valence-electron chi connectivity index (χ4n) is 3.85. The topological polar surface area (TPSA) is 72.8 Å². The summed E-state index contributed by atoms with van der Waals surface area (Å²) in [5, 5.41) is 4.59. The Bertz CT molecular complexity index is 1360. The van der Waals surface area contributed by atoms with E-state index in [1.54, 1.807) is 20.1 Å². The van der Waals surface area contributed by atoms with Crippen LogP contribution in [0.1, 0.15) is 41.2 Å². The van der Waals surface area contributed by atoms with Gasteiger partial charge in [-0.25, -0.2) is 9.67 Å². The fraction of sp³-hybridized carbons (Fsp3) is 0.292. The van der Waals surface area contributed by atoms with Crippen molar-refractivity contribution in [3.8, 4) is 5.75 Å². The first-order valence-corrected chi connectivity index (χ1v) is 10.6. The number of aromatic amines is 1. The van der Waals surface area contributed by atoms with Gasteiger partial charge in [-0.2, -0.15) is 18.3 Å². The second-order valence-electron chi connectivity index (χ2n) is 7.87. The lowest BCUT2D eigenvalue weighted by atomic mass is 10.1. The van der Waals surface area contributed by atoms with Gasteiger partial charge in [0, 0.05) is 12.8 Å². The lowest BCUT2D eigenvalue weighted by molar-refractivity contribution is -0.137. The van der Waals surface area contributed by atoms with E-state index in [0.717, 1.165) is 17.7 Å². The van der Waals surface area contributed by atoms with Crippen LogP contribution >= 0.6 is 0 Å². The van der Waals surface area contributed by atoms with Gasteiger partial charge < -0.3 is 9.72 Å². The van der Waals surface area contributed by atoms with E-state index in [9.17, 15) is 22.4 Å². The van der Waals surface area contributed by atoms with Crippen LogP contribution in [0.25, 0.3) is 11.0 Å². The number of hydrogen-bond donors (Lipinski definition) is 1. The quantitative estimate of drug-likeness (QED) is 0.389. The highest BCUT2D eigenvalue weighted by atomic mass is 19.4. The zero-order valence-electron chi connectivity index (χ0n) is 18.5. The Hall–Kier alpha value is -3.69. The fourth-order valence-corrected chi connectivity index (χ4v) is 3.85. The molecule has 4 rings (SSSR count). The third kappa shape index (κ3) is 4.66. The molecule has 0 fully saturated rings. The molecule has 10 heteroatoms. The molecule has 0 spiro atoms. The van der Waals surface area contributed by atoms with Crippen molar-refractivity contribution in [3.63, 3.8) is 0 Å². The Balaban J connectivity index is 1.78.